The van der Waals surface area contributed by atoms with Crippen molar-refractivity contribution < 1.29 is 4.42 Å². The van der Waals surface area contributed by atoms with Gasteiger partial charge in [-0.2, -0.15) is 0 Å². The fourth-order valence-electron chi connectivity index (χ4n) is 7.10. The molecule has 240 valence electrons. The van der Waals surface area contributed by atoms with Crippen molar-refractivity contribution in [2.24, 2.45) is 0 Å². The Morgan fingerprint density at radius 3 is 2.00 bits per heavy atom. The van der Waals surface area contributed by atoms with Crippen molar-refractivity contribution in [3.63, 3.8) is 0 Å². The molecule has 10 aromatic rings. The Morgan fingerprint density at radius 2 is 1.16 bits per heavy atom. The summed E-state index contributed by atoms with van der Waals surface area (Å²) in [5, 5.41) is 3.57. The summed E-state index contributed by atoms with van der Waals surface area (Å²) in [5.74, 6) is 0. The van der Waals surface area contributed by atoms with Gasteiger partial charge in [-0.25, -0.2) is 9.97 Å². The third kappa shape index (κ3) is 5.14. The van der Waals surface area contributed by atoms with E-state index in [2.05, 4.69) is 157 Å². The molecule has 0 saturated carbocycles. The van der Waals surface area contributed by atoms with E-state index in [9.17, 15) is 0 Å². The predicted molar refractivity (Wildman–Crippen MR) is 213 cm³/mol. The highest BCUT2D eigenvalue weighted by atomic mass is 32.1. The van der Waals surface area contributed by atoms with Gasteiger partial charge in [-0.15, -0.1) is 11.3 Å². The average Bonchev–Trinajstić information content (AvgIpc) is 3.77. The van der Waals surface area contributed by atoms with E-state index in [4.69, 9.17) is 14.4 Å². The first kappa shape index (κ1) is 29.4. The van der Waals surface area contributed by atoms with Crippen LogP contribution in [-0.4, -0.2) is 9.97 Å². The molecule has 3 aromatic heterocycles. The number of fused-ring (bicyclic) bond motifs is 6. The number of para-hydroxylation sites is 2. The smallest absolute Gasteiger partial charge is 0.246 e. The van der Waals surface area contributed by atoms with Crippen molar-refractivity contribution in [3.8, 4) is 33.5 Å². The number of rotatable bonds is 6. The molecule has 0 bridgehead atoms. The largest absolute Gasteiger partial charge is 0.436 e. The Morgan fingerprint density at radius 1 is 0.490 bits per heavy atom. The van der Waals surface area contributed by atoms with Crippen LogP contribution in [0.1, 0.15) is 0 Å². The first-order valence-electron chi connectivity index (χ1n) is 17.0. The summed E-state index contributed by atoms with van der Waals surface area (Å²) in [6.07, 6.45) is 1.85. The van der Waals surface area contributed by atoms with Crippen molar-refractivity contribution in [2.45, 2.75) is 0 Å². The third-order valence-electron chi connectivity index (χ3n) is 9.52. The maximum atomic E-state index is 6.31. The average molecular weight is 672 g/mol. The van der Waals surface area contributed by atoms with Crippen molar-refractivity contribution in [1.29, 1.82) is 0 Å². The topological polar surface area (TPSA) is 42.2 Å². The molecule has 10 rings (SSSR count). The molecule has 7 aromatic carbocycles. The van der Waals surface area contributed by atoms with Crippen LogP contribution in [0.15, 0.2) is 180 Å². The lowest BCUT2D eigenvalue weighted by atomic mass is 9.97. The van der Waals surface area contributed by atoms with Crippen molar-refractivity contribution >= 4 is 70.8 Å². The standard InChI is InChI=1S/C46H29N3OS/c1-3-15-34(16-4-1)49(35-17-5-2-6-18-35)36-19-10-14-33(27-36)41-29-47-44-40-28-31(24-25-42(40)50-46(44)48-41)30-12-9-13-32(26-30)37-21-11-22-39-38-20-7-8-23-43(38)51-45(37)39/h1-29H. The van der Waals surface area contributed by atoms with E-state index in [1.165, 1.54) is 31.3 Å². The van der Waals surface area contributed by atoms with Gasteiger partial charge < -0.3 is 9.32 Å². The highest BCUT2D eigenvalue weighted by Gasteiger charge is 2.17. The molecule has 51 heavy (non-hydrogen) atoms. The maximum Gasteiger partial charge on any atom is 0.246 e. The Kier molecular flexibility index (Phi) is 6.96. The van der Waals surface area contributed by atoms with E-state index >= 15 is 0 Å². The molecule has 3 heterocycles. The van der Waals surface area contributed by atoms with Crippen LogP contribution in [0.5, 0.6) is 0 Å². The summed E-state index contributed by atoms with van der Waals surface area (Å²) in [5.41, 5.74) is 11.7. The molecule has 0 aliphatic carbocycles. The zero-order chi connectivity index (χ0) is 33.7. The van der Waals surface area contributed by atoms with E-state index in [-0.39, 0.29) is 0 Å². The molecule has 0 fully saturated rings. The van der Waals surface area contributed by atoms with Crippen LogP contribution in [0.2, 0.25) is 0 Å². The molecule has 0 saturated heterocycles. The number of aromatic nitrogens is 2. The minimum absolute atomic E-state index is 0.526. The van der Waals surface area contributed by atoms with E-state index in [1.54, 1.807) is 0 Å². The quantitative estimate of drug-likeness (QED) is 0.176. The normalized spacial score (nSPS) is 11.5. The zero-order valence-corrected chi connectivity index (χ0v) is 28.2. The fourth-order valence-corrected chi connectivity index (χ4v) is 8.34. The van der Waals surface area contributed by atoms with Crippen LogP contribution in [0.3, 0.4) is 0 Å². The highest BCUT2D eigenvalue weighted by molar-refractivity contribution is 7.26. The number of hydrogen-bond acceptors (Lipinski definition) is 5. The first-order valence-corrected chi connectivity index (χ1v) is 17.8. The summed E-state index contributed by atoms with van der Waals surface area (Å²) in [4.78, 5) is 12.2. The van der Waals surface area contributed by atoms with Gasteiger partial charge in [0.1, 0.15) is 11.1 Å². The van der Waals surface area contributed by atoms with Crippen LogP contribution >= 0.6 is 11.3 Å². The fraction of sp³-hybridized carbons (Fsp3) is 0. The molecule has 4 nitrogen and oxygen atoms in total. The summed E-state index contributed by atoms with van der Waals surface area (Å²) >= 11 is 1.86. The van der Waals surface area contributed by atoms with Crippen LogP contribution in [0, 0.1) is 0 Å². The lowest BCUT2D eigenvalue weighted by Crippen LogP contribution is -2.09. The molecule has 0 spiro atoms. The van der Waals surface area contributed by atoms with E-state index in [0.717, 1.165) is 55.9 Å². The molecule has 0 unspecified atom stereocenters. The van der Waals surface area contributed by atoms with Gasteiger partial charge in [-0.3, -0.25) is 0 Å². The summed E-state index contributed by atoms with van der Waals surface area (Å²) < 4.78 is 8.94. The molecular formula is C46H29N3OS. The van der Waals surface area contributed by atoms with Crippen LogP contribution < -0.4 is 4.90 Å². The number of furan rings is 1. The second kappa shape index (κ2) is 12.1. The SMILES string of the molecule is c1ccc(N(c2ccccc2)c2cccc(-c3cnc4c(n3)oc3ccc(-c5cccc(-c6cccc7c6sc6ccccc67)c5)cc34)c2)cc1. The zero-order valence-electron chi connectivity index (χ0n) is 27.4. The number of anilines is 3. The minimum atomic E-state index is 0.526. The minimum Gasteiger partial charge on any atom is -0.436 e. The number of hydrogen-bond donors (Lipinski definition) is 0. The van der Waals surface area contributed by atoms with E-state index < -0.39 is 0 Å². The third-order valence-corrected chi connectivity index (χ3v) is 10.7. The Labute approximate surface area is 298 Å². The first-order chi connectivity index (χ1) is 25.3. The molecule has 0 amide bonds. The molecule has 5 heteroatoms. The Bertz CT molecular complexity index is 2840. The number of thiophene rings is 1. The number of nitrogens with zero attached hydrogens (tertiary/aromatic N) is 3. The van der Waals surface area contributed by atoms with Gasteiger partial charge in [-0.05, 0) is 82.9 Å². The molecule has 0 aliphatic heterocycles. The highest BCUT2D eigenvalue weighted by Crippen LogP contribution is 2.41. The van der Waals surface area contributed by atoms with E-state index in [0.29, 0.717) is 5.71 Å². The maximum absolute atomic E-state index is 6.31. The molecule has 0 aliphatic rings. The van der Waals surface area contributed by atoms with Gasteiger partial charge >= 0.3 is 0 Å². The van der Waals surface area contributed by atoms with Crippen molar-refractivity contribution in [3.05, 3.63) is 176 Å². The molecule has 0 radical (unpaired) electrons. The summed E-state index contributed by atoms with van der Waals surface area (Å²) in [6.45, 7) is 0. The van der Waals surface area contributed by atoms with E-state index in [1.807, 2.05) is 35.7 Å². The second-order valence-electron chi connectivity index (χ2n) is 12.6. The number of benzene rings is 7. The van der Waals surface area contributed by atoms with Crippen LogP contribution in [-0.2, 0) is 0 Å². The van der Waals surface area contributed by atoms with Gasteiger partial charge in [0.15, 0.2) is 0 Å². The second-order valence-corrected chi connectivity index (χ2v) is 13.7. The Balaban J connectivity index is 1.01. The molecule has 0 atom stereocenters. The van der Waals surface area contributed by atoms with Crippen LogP contribution in [0.4, 0.5) is 17.1 Å². The van der Waals surface area contributed by atoms with Crippen molar-refractivity contribution in [2.75, 3.05) is 4.90 Å². The van der Waals surface area contributed by atoms with Gasteiger partial charge in [-0.1, -0.05) is 109 Å². The lowest BCUT2D eigenvalue weighted by molar-refractivity contribution is 0.653. The monoisotopic (exact) mass is 671 g/mol. The van der Waals surface area contributed by atoms with Gasteiger partial charge in [0, 0.05) is 48.2 Å². The van der Waals surface area contributed by atoms with Gasteiger partial charge in [0.05, 0.1) is 11.9 Å². The Hall–Kier alpha value is -6.56. The van der Waals surface area contributed by atoms with Crippen LogP contribution in [0.25, 0.3) is 75.9 Å². The summed E-state index contributed by atoms with van der Waals surface area (Å²) in [6, 6.07) is 59.6. The van der Waals surface area contributed by atoms with Gasteiger partial charge in [0.25, 0.3) is 0 Å². The van der Waals surface area contributed by atoms with Gasteiger partial charge in [0.2, 0.25) is 5.71 Å². The van der Waals surface area contributed by atoms with Crippen molar-refractivity contribution in [1.82, 2.24) is 9.97 Å². The summed E-state index contributed by atoms with van der Waals surface area (Å²) in [7, 11) is 0. The molecular weight excluding hydrogens is 643 g/mol. The predicted octanol–water partition coefficient (Wildman–Crippen LogP) is 13.2. The molecule has 0 N–H and O–H groups in total. The lowest BCUT2D eigenvalue weighted by Gasteiger charge is -2.25.